The summed E-state index contributed by atoms with van der Waals surface area (Å²) in [5.41, 5.74) is 0. The van der Waals surface area contributed by atoms with Crippen LogP contribution in [0.3, 0.4) is 0 Å². The third kappa shape index (κ3) is 6.94. The van der Waals surface area contributed by atoms with Crippen molar-refractivity contribution in [3.63, 3.8) is 0 Å². The first-order valence-electron chi connectivity index (χ1n) is 10.9. The van der Waals surface area contributed by atoms with E-state index >= 15 is 0 Å². The minimum absolute atomic E-state index is 0. The van der Waals surface area contributed by atoms with Gasteiger partial charge in [0, 0.05) is 51.2 Å². The molecule has 2 aliphatic rings. The Balaban J connectivity index is 0.00000300. The first kappa shape index (κ1) is 24.1. The van der Waals surface area contributed by atoms with Crippen LogP contribution in [0, 0.1) is 5.92 Å². The van der Waals surface area contributed by atoms with E-state index < -0.39 is 0 Å². The number of likely N-dealkylation sites (N-methyl/N-ethyl adjacent to an activating group) is 1. The second-order valence-electron chi connectivity index (χ2n) is 8.15. The lowest BCUT2D eigenvalue weighted by Crippen LogP contribution is -2.53. The maximum atomic E-state index is 5.07. The lowest BCUT2D eigenvalue weighted by molar-refractivity contribution is 0.175. The Morgan fingerprint density at radius 1 is 1.14 bits per heavy atom. The van der Waals surface area contributed by atoms with Gasteiger partial charge in [-0.15, -0.1) is 24.0 Å². The molecular weight excluding hydrogens is 477 g/mol. The van der Waals surface area contributed by atoms with E-state index in [1.807, 2.05) is 18.5 Å². The summed E-state index contributed by atoms with van der Waals surface area (Å²) >= 11 is 0. The average Bonchev–Trinajstić information content (AvgIpc) is 2.74. The second-order valence-corrected chi connectivity index (χ2v) is 8.15. The average molecular weight is 515 g/mol. The second kappa shape index (κ2) is 12.5. The zero-order chi connectivity index (χ0) is 19.8. The van der Waals surface area contributed by atoms with Crippen LogP contribution in [0.4, 0.5) is 5.95 Å². The molecule has 2 heterocycles. The molecule has 1 aliphatic carbocycles. The van der Waals surface area contributed by atoms with Gasteiger partial charge in [0.25, 0.3) is 0 Å². The molecule has 1 atom stereocenters. The molecule has 164 valence electrons. The molecule has 2 fully saturated rings. The van der Waals surface area contributed by atoms with Crippen LogP contribution in [0.15, 0.2) is 23.5 Å². The Bertz CT molecular complexity index is 596. The van der Waals surface area contributed by atoms with Crippen LogP contribution >= 0.6 is 24.0 Å². The van der Waals surface area contributed by atoms with E-state index in [0.29, 0.717) is 6.04 Å². The minimum Gasteiger partial charge on any atom is -0.357 e. The zero-order valence-corrected chi connectivity index (χ0v) is 20.6. The first-order valence-corrected chi connectivity index (χ1v) is 10.9. The van der Waals surface area contributed by atoms with Gasteiger partial charge >= 0.3 is 0 Å². The lowest BCUT2D eigenvalue weighted by Gasteiger charge is -2.37. The smallest absolute Gasteiger partial charge is 0.225 e. The Kier molecular flexibility index (Phi) is 10.4. The highest BCUT2D eigenvalue weighted by Gasteiger charge is 2.26. The van der Waals surface area contributed by atoms with Gasteiger partial charge in [-0.25, -0.2) is 9.97 Å². The maximum Gasteiger partial charge on any atom is 0.225 e. The molecule has 0 bridgehead atoms. The summed E-state index contributed by atoms with van der Waals surface area (Å²) < 4.78 is 0. The van der Waals surface area contributed by atoms with E-state index in [1.54, 1.807) is 0 Å². The highest BCUT2D eigenvalue weighted by atomic mass is 127. The topological polar surface area (TPSA) is 59.9 Å². The predicted octanol–water partition coefficient (Wildman–Crippen LogP) is 2.69. The number of halogens is 1. The summed E-state index contributed by atoms with van der Waals surface area (Å²) in [6, 6.07) is 2.40. The quantitative estimate of drug-likeness (QED) is 0.357. The standard InChI is InChI=1S/C21H37N7.HI/c1-4-22-20(25-17-19(26(2)3)18-9-6-5-7-10-18)27-13-15-28(16-14-27)21-23-11-8-12-24-21;/h8,11-12,18-19H,4-7,9-10,13-17H2,1-3H3,(H,22,25);1H. The molecule has 1 unspecified atom stereocenters. The number of hydrogen-bond donors (Lipinski definition) is 1. The van der Waals surface area contributed by atoms with Gasteiger partial charge in [0.15, 0.2) is 5.96 Å². The third-order valence-electron chi connectivity index (χ3n) is 6.03. The van der Waals surface area contributed by atoms with Gasteiger partial charge in [0.1, 0.15) is 0 Å². The van der Waals surface area contributed by atoms with Crippen molar-refractivity contribution in [2.24, 2.45) is 10.9 Å². The Hall–Kier alpha value is -1.16. The highest BCUT2D eigenvalue weighted by Crippen LogP contribution is 2.28. The Morgan fingerprint density at radius 3 is 2.38 bits per heavy atom. The number of nitrogens with one attached hydrogen (secondary N) is 1. The van der Waals surface area contributed by atoms with Gasteiger partial charge in [0.2, 0.25) is 5.95 Å². The molecule has 1 aromatic rings. The van der Waals surface area contributed by atoms with Crippen LogP contribution in [0.2, 0.25) is 0 Å². The molecule has 1 aliphatic heterocycles. The van der Waals surface area contributed by atoms with Crippen molar-refractivity contribution in [1.29, 1.82) is 0 Å². The van der Waals surface area contributed by atoms with Gasteiger partial charge in [0.05, 0.1) is 6.54 Å². The Labute approximate surface area is 193 Å². The number of anilines is 1. The van der Waals surface area contributed by atoms with Crippen molar-refractivity contribution in [1.82, 2.24) is 25.1 Å². The number of aliphatic imine (C=N–C) groups is 1. The number of guanidine groups is 1. The molecular formula is C21H38IN7. The SMILES string of the molecule is CCNC(=NCC(C1CCCCC1)N(C)C)N1CCN(c2ncccn2)CC1.I. The number of piperazine rings is 1. The Morgan fingerprint density at radius 2 is 1.79 bits per heavy atom. The fourth-order valence-corrected chi connectivity index (χ4v) is 4.43. The van der Waals surface area contributed by atoms with Gasteiger partial charge in [-0.3, -0.25) is 4.99 Å². The van der Waals surface area contributed by atoms with Gasteiger partial charge in [-0.05, 0) is 45.8 Å². The van der Waals surface area contributed by atoms with Crippen molar-refractivity contribution >= 4 is 35.9 Å². The van der Waals surface area contributed by atoms with Crippen molar-refractivity contribution in [3.8, 4) is 0 Å². The van der Waals surface area contributed by atoms with Crippen molar-refractivity contribution in [2.75, 3.05) is 58.3 Å². The van der Waals surface area contributed by atoms with Crippen LogP contribution in [0.5, 0.6) is 0 Å². The molecule has 0 radical (unpaired) electrons. The molecule has 8 heteroatoms. The molecule has 3 rings (SSSR count). The fourth-order valence-electron chi connectivity index (χ4n) is 4.43. The van der Waals surface area contributed by atoms with E-state index in [9.17, 15) is 0 Å². The summed E-state index contributed by atoms with van der Waals surface area (Å²) in [5, 5.41) is 3.51. The monoisotopic (exact) mass is 515 g/mol. The van der Waals surface area contributed by atoms with E-state index in [0.717, 1.165) is 57.1 Å². The lowest BCUT2D eigenvalue weighted by atomic mass is 9.83. The van der Waals surface area contributed by atoms with Crippen molar-refractivity contribution in [2.45, 2.75) is 45.1 Å². The number of aromatic nitrogens is 2. The van der Waals surface area contributed by atoms with Crippen molar-refractivity contribution < 1.29 is 0 Å². The van der Waals surface area contributed by atoms with Crippen LogP contribution in [-0.2, 0) is 0 Å². The summed E-state index contributed by atoms with van der Waals surface area (Å²) in [7, 11) is 4.42. The fraction of sp³-hybridized carbons (Fsp3) is 0.762. The molecule has 1 aromatic heterocycles. The minimum atomic E-state index is 0. The van der Waals surface area contributed by atoms with E-state index in [2.05, 4.69) is 51.0 Å². The summed E-state index contributed by atoms with van der Waals surface area (Å²) in [4.78, 5) is 20.9. The molecule has 1 saturated heterocycles. The molecule has 1 N–H and O–H groups in total. The van der Waals surface area contributed by atoms with Crippen LogP contribution in [0.1, 0.15) is 39.0 Å². The van der Waals surface area contributed by atoms with E-state index in [4.69, 9.17) is 4.99 Å². The number of nitrogens with zero attached hydrogens (tertiary/aromatic N) is 6. The normalized spacial score (nSPS) is 19.8. The third-order valence-corrected chi connectivity index (χ3v) is 6.03. The first-order chi connectivity index (χ1) is 13.7. The van der Waals surface area contributed by atoms with Crippen LogP contribution in [-0.4, -0.2) is 85.1 Å². The van der Waals surface area contributed by atoms with Gasteiger partial charge in [-0.1, -0.05) is 19.3 Å². The number of rotatable bonds is 6. The van der Waals surface area contributed by atoms with Crippen molar-refractivity contribution in [3.05, 3.63) is 18.5 Å². The highest BCUT2D eigenvalue weighted by molar-refractivity contribution is 14.0. The van der Waals surface area contributed by atoms with Gasteiger partial charge in [-0.2, -0.15) is 0 Å². The molecule has 29 heavy (non-hydrogen) atoms. The molecule has 0 amide bonds. The summed E-state index contributed by atoms with van der Waals surface area (Å²) in [5.74, 6) is 2.66. The van der Waals surface area contributed by atoms with E-state index in [1.165, 1.54) is 32.1 Å². The summed E-state index contributed by atoms with van der Waals surface area (Å²) in [6.45, 7) is 7.66. The van der Waals surface area contributed by atoms with Gasteiger partial charge < -0.3 is 20.0 Å². The zero-order valence-electron chi connectivity index (χ0n) is 18.3. The molecule has 0 aromatic carbocycles. The predicted molar refractivity (Wildman–Crippen MR) is 131 cm³/mol. The summed E-state index contributed by atoms with van der Waals surface area (Å²) in [6.07, 6.45) is 10.5. The molecule has 7 nitrogen and oxygen atoms in total. The van der Waals surface area contributed by atoms with E-state index in [-0.39, 0.29) is 24.0 Å². The number of hydrogen-bond acceptors (Lipinski definition) is 5. The molecule has 1 saturated carbocycles. The van der Waals surface area contributed by atoms with Crippen LogP contribution in [0.25, 0.3) is 0 Å². The molecule has 0 spiro atoms. The largest absolute Gasteiger partial charge is 0.357 e. The van der Waals surface area contributed by atoms with Crippen LogP contribution < -0.4 is 10.2 Å². The maximum absolute atomic E-state index is 5.07.